The SMILES string of the molecule is O=S([O-])CCC(O)C(O)(O)O. The Kier molecular flexibility index (Phi) is 4.08. The van der Waals surface area contributed by atoms with Crippen molar-refractivity contribution >= 4 is 11.1 Å². The molecule has 4 N–H and O–H groups in total. The van der Waals surface area contributed by atoms with Gasteiger partial charge in [0.25, 0.3) is 0 Å². The van der Waals surface area contributed by atoms with Crippen LogP contribution in [0.15, 0.2) is 0 Å². The van der Waals surface area contributed by atoms with Crippen molar-refractivity contribution < 1.29 is 29.2 Å². The van der Waals surface area contributed by atoms with Crippen LogP contribution in [0.1, 0.15) is 6.42 Å². The van der Waals surface area contributed by atoms with E-state index in [0.29, 0.717) is 0 Å². The fourth-order valence-electron chi connectivity index (χ4n) is 0.402. The zero-order chi connectivity index (χ0) is 9.07. The summed E-state index contributed by atoms with van der Waals surface area (Å²) in [4.78, 5) is 0. The van der Waals surface area contributed by atoms with Crippen LogP contribution in [0, 0.1) is 0 Å². The highest BCUT2D eigenvalue weighted by Crippen LogP contribution is 2.05. The summed E-state index contributed by atoms with van der Waals surface area (Å²) in [7, 11) is 0. The molecule has 0 spiro atoms. The lowest BCUT2D eigenvalue weighted by molar-refractivity contribution is -0.354. The minimum Gasteiger partial charge on any atom is -0.772 e. The highest BCUT2D eigenvalue weighted by Gasteiger charge is 2.29. The highest BCUT2D eigenvalue weighted by molar-refractivity contribution is 7.79. The first-order valence-electron chi connectivity index (χ1n) is 2.75. The van der Waals surface area contributed by atoms with Crippen LogP contribution in [0.25, 0.3) is 0 Å². The summed E-state index contributed by atoms with van der Waals surface area (Å²) in [5.74, 6) is -3.66. The fraction of sp³-hybridized carbons (Fsp3) is 1.00. The third-order valence-electron chi connectivity index (χ3n) is 1.01. The number of rotatable bonds is 4. The Hall–Kier alpha value is -0.0500. The van der Waals surface area contributed by atoms with Gasteiger partial charge in [-0.1, -0.05) is 11.1 Å². The molecule has 0 aromatic rings. The van der Waals surface area contributed by atoms with Gasteiger partial charge in [0.1, 0.15) is 6.10 Å². The Morgan fingerprint density at radius 1 is 1.45 bits per heavy atom. The van der Waals surface area contributed by atoms with Gasteiger partial charge in [-0.2, -0.15) is 0 Å². The molecular formula is C4H9O6S-. The van der Waals surface area contributed by atoms with E-state index in [2.05, 4.69) is 0 Å². The Morgan fingerprint density at radius 3 is 2.18 bits per heavy atom. The van der Waals surface area contributed by atoms with Gasteiger partial charge in [0.15, 0.2) is 0 Å². The van der Waals surface area contributed by atoms with E-state index in [1.54, 1.807) is 0 Å². The zero-order valence-corrected chi connectivity index (χ0v) is 6.32. The number of hydrogen-bond donors (Lipinski definition) is 4. The second-order valence-corrected chi connectivity index (χ2v) is 3.02. The number of aliphatic hydroxyl groups excluding tert-OH is 1. The molecule has 0 rings (SSSR count). The van der Waals surface area contributed by atoms with Gasteiger partial charge < -0.3 is 25.0 Å². The van der Waals surface area contributed by atoms with E-state index in [1.807, 2.05) is 0 Å². The maximum atomic E-state index is 9.87. The molecule has 0 radical (unpaired) electrons. The smallest absolute Gasteiger partial charge is 0.303 e. The summed E-state index contributed by atoms with van der Waals surface area (Å²) in [6, 6.07) is 0. The van der Waals surface area contributed by atoms with E-state index in [0.717, 1.165) is 0 Å². The van der Waals surface area contributed by atoms with Gasteiger partial charge in [-0.15, -0.1) is 0 Å². The Labute approximate surface area is 65.4 Å². The van der Waals surface area contributed by atoms with Crippen molar-refractivity contribution in [3.05, 3.63) is 0 Å². The molecule has 6 nitrogen and oxygen atoms in total. The molecule has 68 valence electrons. The van der Waals surface area contributed by atoms with Crippen molar-refractivity contribution in [1.29, 1.82) is 0 Å². The standard InChI is InChI=1S/C4H10O6S/c5-3(4(6,7)8)1-2-11(9)10/h3,5-8H,1-2H2,(H,9,10)/p-1. The third kappa shape index (κ3) is 5.24. The van der Waals surface area contributed by atoms with Gasteiger partial charge in [0.05, 0.1) is 0 Å². The summed E-state index contributed by atoms with van der Waals surface area (Å²) in [6.45, 7) is 0. The Morgan fingerprint density at radius 2 is 1.91 bits per heavy atom. The van der Waals surface area contributed by atoms with Crippen LogP contribution >= 0.6 is 0 Å². The minimum absolute atomic E-state index is 0.431. The van der Waals surface area contributed by atoms with Crippen LogP contribution in [0.4, 0.5) is 0 Å². The average molecular weight is 185 g/mol. The maximum Gasteiger partial charge on any atom is 0.303 e. The lowest BCUT2D eigenvalue weighted by atomic mass is 10.2. The van der Waals surface area contributed by atoms with Crippen LogP contribution in [-0.4, -0.2) is 47.0 Å². The minimum atomic E-state index is -3.22. The zero-order valence-electron chi connectivity index (χ0n) is 5.51. The van der Waals surface area contributed by atoms with Crippen LogP contribution < -0.4 is 0 Å². The topological polar surface area (TPSA) is 121 Å². The maximum absolute atomic E-state index is 9.87. The first-order chi connectivity index (χ1) is 4.84. The van der Waals surface area contributed by atoms with E-state index >= 15 is 0 Å². The van der Waals surface area contributed by atoms with E-state index in [1.165, 1.54) is 0 Å². The molecule has 7 heteroatoms. The molecule has 2 atom stereocenters. The molecule has 0 aliphatic heterocycles. The van der Waals surface area contributed by atoms with E-state index in [-0.39, 0.29) is 0 Å². The molecule has 0 aromatic carbocycles. The van der Waals surface area contributed by atoms with Crippen LogP contribution in [0.3, 0.4) is 0 Å². The van der Waals surface area contributed by atoms with Gasteiger partial charge in [0, 0.05) is 5.75 Å². The second kappa shape index (κ2) is 4.10. The van der Waals surface area contributed by atoms with Crippen LogP contribution in [0.5, 0.6) is 0 Å². The molecule has 2 unspecified atom stereocenters. The van der Waals surface area contributed by atoms with Crippen molar-refractivity contribution in [3.8, 4) is 0 Å². The van der Waals surface area contributed by atoms with Crippen molar-refractivity contribution in [1.82, 2.24) is 0 Å². The third-order valence-corrected chi connectivity index (χ3v) is 1.57. The lowest BCUT2D eigenvalue weighted by Crippen LogP contribution is -2.42. The highest BCUT2D eigenvalue weighted by atomic mass is 32.2. The molecule has 11 heavy (non-hydrogen) atoms. The normalized spacial score (nSPS) is 17.9. The number of hydrogen-bond acceptors (Lipinski definition) is 6. The second-order valence-electron chi connectivity index (χ2n) is 2.00. The van der Waals surface area contributed by atoms with Crippen LogP contribution in [0.2, 0.25) is 0 Å². The molecular weight excluding hydrogens is 176 g/mol. The first-order valence-corrected chi connectivity index (χ1v) is 3.99. The molecule has 0 heterocycles. The van der Waals surface area contributed by atoms with E-state index in [4.69, 9.17) is 20.4 Å². The molecule has 0 fully saturated rings. The molecule has 0 saturated heterocycles. The Balaban J connectivity index is 3.70. The van der Waals surface area contributed by atoms with E-state index < -0.39 is 35.3 Å². The van der Waals surface area contributed by atoms with Gasteiger partial charge in [-0.3, -0.25) is 4.21 Å². The molecule has 0 aliphatic carbocycles. The van der Waals surface area contributed by atoms with Gasteiger partial charge in [-0.05, 0) is 6.42 Å². The number of aliphatic hydroxyl groups is 4. The fourth-order valence-corrected chi connectivity index (χ4v) is 0.817. The average Bonchev–Trinajstić information content (AvgIpc) is 1.80. The van der Waals surface area contributed by atoms with Gasteiger partial charge in [0.2, 0.25) is 0 Å². The summed E-state index contributed by atoms with van der Waals surface area (Å²) in [5, 5.41) is 33.4. The van der Waals surface area contributed by atoms with Gasteiger partial charge >= 0.3 is 5.97 Å². The quantitative estimate of drug-likeness (QED) is 0.278. The monoisotopic (exact) mass is 185 g/mol. The summed E-state index contributed by atoms with van der Waals surface area (Å²) in [5.41, 5.74) is 0. The first kappa shape index (κ1) is 11.0. The molecule has 0 aliphatic rings. The molecule has 0 aromatic heterocycles. The predicted octanol–water partition coefficient (Wildman–Crippen LogP) is -2.75. The van der Waals surface area contributed by atoms with E-state index in [9.17, 15) is 8.76 Å². The largest absolute Gasteiger partial charge is 0.772 e. The van der Waals surface area contributed by atoms with Crippen molar-refractivity contribution in [3.63, 3.8) is 0 Å². The summed E-state index contributed by atoms with van der Waals surface area (Å²) < 4.78 is 19.7. The lowest BCUT2D eigenvalue weighted by Gasteiger charge is -2.20. The van der Waals surface area contributed by atoms with Crippen LogP contribution in [-0.2, 0) is 11.1 Å². The predicted molar refractivity (Wildman–Crippen MR) is 33.8 cm³/mol. The summed E-state index contributed by atoms with van der Waals surface area (Å²) in [6.07, 6.45) is -2.31. The molecule has 0 amide bonds. The van der Waals surface area contributed by atoms with Gasteiger partial charge in [-0.25, -0.2) is 0 Å². The summed E-state index contributed by atoms with van der Waals surface area (Å²) >= 11 is -2.36. The van der Waals surface area contributed by atoms with Crippen molar-refractivity contribution in [2.24, 2.45) is 0 Å². The molecule has 0 bridgehead atoms. The Bertz CT molecular complexity index is 140. The molecule has 0 saturated carbocycles. The van der Waals surface area contributed by atoms with Crippen molar-refractivity contribution in [2.75, 3.05) is 5.75 Å². The van der Waals surface area contributed by atoms with Crippen molar-refractivity contribution in [2.45, 2.75) is 18.5 Å².